The predicted molar refractivity (Wildman–Crippen MR) is 76.6 cm³/mol. The van der Waals surface area contributed by atoms with Gasteiger partial charge in [0.1, 0.15) is 12.1 Å². The highest BCUT2D eigenvalue weighted by atomic mass is 16.5. The average Bonchev–Trinajstić information content (AvgIpc) is 2.82. The molecule has 0 aliphatic rings. The number of carbonyl (C=O) groups is 1. The highest BCUT2D eigenvalue weighted by Gasteiger charge is 2.13. The number of anilines is 2. The van der Waals surface area contributed by atoms with Gasteiger partial charge in [-0.25, -0.2) is 0 Å². The molecule has 1 amide bonds. The van der Waals surface area contributed by atoms with Crippen LogP contribution in [0.3, 0.4) is 0 Å². The van der Waals surface area contributed by atoms with Gasteiger partial charge < -0.3 is 25.1 Å². The molecular weight excluding hydrogens is 260 g/mol. The number of aromatic nitrogens is 1. The maximum Gasteiger partial charge on any atom is 0.298 e. The van der Waals surface area contributed by atoms with Gasteiger partial charge in [0.05, 0.1) is 6.61 Å². The third kappa shape index (κ3) is 3.39. The van der Waals surface area contributed by atoms with Crippen molar-refractivity contribution in [2.45, 2.75) is 0 Å². The van der Waals surface area contributed by atoms with E-state index in [9.17, 15) is 4.79 Å². The molecule has 0 unspecified atom stereocenters. The molecule has 0 spiro atoms. The van der Waals surface area contributed by atoms with Gasteiger partial charge in [0.15, 0.2) is 5.58 Å². The second kappa shape index (κ2) is 6.25. The number of amides is 1. The normalized spacial score (nSPS) is 10.7. The third-order valence-electron chi connectivity index (χ3n) is 2.74. The molecule has 0 aliphatic heterocycles. The number of methoxy groups -OCH3 is 1. The summed E-state index contributed by atoms with van der Waals surface area (Å²) in [5, 5.41) is 2.73. The van der Waals surface area contributed by atoms with Gasteiger partial charge in [-0.2, -0.15) is 4.98 Å². The van der Waals surface area contributed by atoms with E-state index >= 15 is 0 Å². The molecule has 0 saturated carbocycles. The van der Waals surface area contributed by atoms with Gasteiger partial charge in [-0.15, -0.1) is 0 Å². The third-order valence-corrected chi connectivity index (χ3v) is 2.74. The molecule has 1 aromatic carbocycles. The zero-order chi connectivity index (χ0) is 14.5. The second-order valence-electron chi connectivity index (χ2n) is 4.42. The summed E-state index contributed by atoms with van der Waals surface area (Å²) in [6.45, 7) is 1.12. The molecule has 0 fully saturated rings. The number of nitrogens with one attached hydrogen (secondary N) is 1. The van der Waals surface area contributed by atoms with E-state index < -0.39 is 0 Å². The first kappa shape index (κ1) is 14.1. The summed E-state index contributed by atoms with van der Waals surface area (Å²) in [5.41, 5.74) is 7.62. The first-order valence-corrected chi connectivity index (χ1v) is 6.23. The zero-order valence-corrected chi connectivity index (χ0v) is 11.5. The maximum atomic E-state index is 11.7. The van der Waals surface area contributed by atoms with Crippen LogP contribution in [0.2, 0.25) is 0 Å². The number of hydrogen-bond donors (Lipinski definition) is 2. The lowest BCUT2D eigenvalue weighted by atomic mass is 10.3. The first-order chi connectivity index (χ1) is 9.60. The molecule has 0 saturated heterocycles. The van der Waals surface area contributed by atoms with Crippen molar-refractivity contribution in [3.63, 3.8) is 0 Å². The molecule has 108 valence electrons. The molecule has 7 heteroatoms. The number of nitrogens with zero attached hydrogens (tertiary/aromatic N) is 2. The quantitative estimate of drug-likeness (QED) is 0.594. The Morgan fingerprint density at radius 3 is 3.10 bits per heavy atom. The van der Waals surface area contributed by atoms with Crippen LogP contribution in [-0.2, 0) is 9.53 Å². The van der Waals surface area contributed by atoms with Crippen LogP contribution in [0.15, 0.2) is 22.6 Å². The molecule has 2 rings (SSSR count). The lowest BCUT2D eigenvalue weighted by Gasteiger charge is -2.13. The van der Waals surface area contributed by atoms with Crippen LogP contribution in [0, 0.1) is 0 Å². The Morgan fingerprint density at radius 1 is 1.55 bits per heavy atom. The van der Waals surface area contributed by atoms with Crippen molar-refractivity contribution in [2.24, 2.45) is 0 Å². The lowest BCUT2D eigenvalue weighted by Crippen LogP contribution is -2.36. The summed E-state index contributed by atoms with van der Waals surface area (Å²) >= 11 is 0. The lowest BCUT2D eigenvalue weighted by molar-refractivity contribution is -0.119. The van der Waals surface area contributed by atoms with Gasteiger partial charge in [0.25, 0.3) is 6.01 Å². The minimum atomic E-state index is -0.119. The van der Waals surface area contributed by atoms with Gasteiger partial charge in [0, 0.05) is 26.4 Å². The van der Waals surface area contributed by atoms with Gasteiger partial charge in [0.2, 0.25) is 5.91 Å². The molecule has 3 N–H and O–H groups in total. The average molecular weight is 278 g/mol. The van der Waals surface area contributed by atoms with Crippen LogP contribution in [-0.4, -0.2) is 44.7 Å². The van der Waals surface area contributed by atoms with E-state index in [0.29, 0.717) is 36.0 Å². The summed E-state index contributed by atoms with van der Waals surface area (Å²) in [6, 6.07) is 5.62. The minimum absolute atomic E-state index is 0.119. The van der Waals surface area contributed by atoms with Gasteiger partial charge in [-0.1, -0.05) is 0 Å². The summed E-state index contributed by atoms with van der Waals surface area (Å²) < 4.78 is 10.4. The Labute approximate surface area is 116 Å². The van der Waals surface area contributed by atoms with E-state index in [-0.39, 0.29) is 12.5 Å². The van der Waals surface area contributed by atoms with Crippen molar-refractivity contribution >= 4 is 28.7 Å². The Kier molecular flexibility index (Phi) is 4.41. The number of carbonyl (C=O) groups excluding carboxylic acids is 1. The second-order valence-corrected chi connectivity index (χ2v) is 4.42. The van der Waals surface area contributed by atoms with Gasteiger partial charge >= 0.3 is 0 Å². The van der Waals surface area contributed by atoms with Crippen molar-refractivity contribution in [3.8, 4) is 0 Å². The molecule has 20 heavy (non-hydrogen) atoms. The largest absolute Gasteiger partial charge is 0.423 e. The molecule has 0 bridgehead atoms. The summed E-state index contributed by atoms with van der Waals surface area (Å²) in [6.07, 6.45) is 0. The molecule has 1 aromatic heterocycles. The summed E-state index contributed by atoms with van der Waals surface area (Å²) in [5.74, 6) is -0.119. The highest BCUT2D eigenvalue weighted by molar-refractivity contribution is 5.82. The molecule has 7 nitrogen and oxygen atoms in total. The van der Waals surface area contributed by atoms with Gasteiger partial charge in [-0.3, -0.25) is 4.79 Å². The molecule has 1 heterocycles. The number of hydrogen-bond acceptors (Lipinski definition) is 6. The van der Waals surface area contributed by atoms with Crippen molar-refractivity contribution in [1.82, 2.24) is 10.3 Å². The number of nitrogens with two attached hydrogens (primary N) is 1. The van der Waals surface area contributed by atoms with Crippen LogP contribution in [0.1, 0.15) is 0 Å². The number of fused-ring (bicyclic) bond motifs is 1. The van der Waals surface area contributed by atoms with Crippen LogP contribution >= 0.6 is 0 Å². The molecule has 0 atom stereocenters. The summed E-state index contributed by atoms with van der Waals surface area (Å²) in [4.78, 5) is 17.6. The molecule has 2 aromatic rings. The first-order valence-electron chi connectivity index (χ1n) is 6.23. The fourth-order valence-corrected chi connectivity index (χ4v) is 1.73. The summed E-state index contributed by atoms with van der Waals surface area (Å²) in [7, 11) is 3.33. The Hall–Kier alpha value is -2.28. The fourth-order valence-electron chi connectivity index (χ4n) is 1.73. The van der Waals surface area contributed by atoms with E-state index in [4.69, 9.17) is 14.9 Å². The van der Waals surface area contributed by atoms with Crippen LogP contribution in [0.25, 0.3) is 11.1 Å². The topological polar surface area (TPSA) is 93.6 Å². The molecular formula is C13H18N4O3. The van der Waals surface area contributed by atoms with Crippen molar-refractivity contribution in [2.75, 3.05) is 44.5 Å². The van der Waals surface area contributed by atoms with Gasteiger partial charge in [-0.05, 0) is 18.2 Å². The standard InChI is InChI=1S/C13H18N4O3/c1-17(8-12(18)15-5-6-19-2)13-16-10-7-9(14)3-4-11(10)20-13/h3-4,7H,5-6,8,14H2,1-2H3,(H,15,18). The van der Waals surface area contributed by atoms with E-state index in [1.807, 2.05) is 0 Å². The minimum Gasteiger partial charge on any atom is -0.423 e. The van der Waals surface area contributed by atoms with Crippen LogP contribution < -0.4 is 16.0 Å². The van der Waals surface area contributed by atoms with E-state index in [0.717, 1.165) is 0 Å². The number of oxazole rings is 1. The number of rotatable bonds is 6. The van der Waals surface area contributed by atoms with Crippen molar-refractivity contribution in [1.29, 1.82) is 0 Å². The fraction of sp³-hybridized carbons (Fsp3) is 0.385. The number of benzene rings is 1. The molecule has 0 aliphatic carbocycles. The number of ether oxygens (including phenoxy) is 1. The molecule has 0 radical (unpaired) electrons. The maximum absolute atomic E-state index is 11.7. The number of nitrogen functional groups attached to an aromatic ring is 1. The Morgan fingerprint density at radius 2 is 2.35 bits per heavy atom. The predicted octanol–water partition coefficient (Wildman–Crippen LogP) is 0.609. The Bertz CT molecular complexity index is 596. The van der Waals surface area contributed by atoms with Crippen molar-refractivity contribution < 1.29 is 13.9 Å². The van der Waals surface area contributed by atoms with E-state index in [1.165, 1.54) is 0 Å². The van der Waals surface area contributed by atoms with Crippen LogP contribution in [0.4, 0.5) is 11.7 Å². The zero-order valence-electron chi connectivity index (χ0n) is 11.5. The Balaban J connectivity index is 2.00. The van der Waals surface area contributed by atoms with E-state index in [1.54, 1.807) is 37.3 Å². The highest BCUT2D eigenvalue weighted by Crippen LogP contribution is 2.22. The number of likely N-dealkylation sites (N-methyl/N-ethyl adjacent to an activating group) is 1. The van der Waals surface area contributed by atoms with Crippen molar-refractivity contribution in [3.05, 3.63) is 18.2 Å². The van der Waals surface area contributed by atoms with E-state index in [2.05, 4.69) is 10.3 Å². The van der Waals surface area contributed by atoms with Crippen LogP contribution in [0.5, 0.6) is 0 Å². The monoisotopic (exact) mass is 278 g/mol. The SMILES string of the molecule is COCCNC(=O)CN(C)c1nc2cc(N)ccc2o1. The smallest absolute Gasteiger partial charge is 0.298 e.